The standard InChI is InChI=1S/C26H25Br2N3O/c1-2-3-4-5-18-32-24-16-14-23(15-17-24)31-25(19-6-10-21(27)11-7-19)29-30-26(31)20-8-12-22(28)13-9-20/h6-17H,2-5,18H2,1H3. The summed E-state index contributed by atoms with van der Waals surface area (Å²) in [5, 5.41) is 9.09. The van der Waals surface area contributed by atoms with E-state index in [0.717, 1.165) is 56.2 Å². The molecule has 0 unspecified atom stereocenters. The lowest BCUT2D eigenvalue weighted by Crippen LogP contribution is -2.01. The number of aromatic nitrogens is 3. The van der Waals surface area contributed by atoms with Gasteiger partial charge in [-0.1, -0.05) is 82.3 Å². The van der Waals surface area contributed by atoms with E-state index in [4.69, 9.17) is 4.74 Å². The first kappa shape index (κ1) is 22.7. The van der Waals surface area contributed by atoms with Crippen LogP contribution in [0.4, 0.5) is 0 Å². The lowest BCUT2D eigenvalue weighted by atomic mass is 10.1. The number of unbranched alkanes of at least 4 members (excludes halogenated alkanes) is 3. The molecule has 3 aromatic carbocycles. The third-order valence-electron chi connectivity index (χ3n) is 5.23. The Labute approximate surface area is 205 Å². The highest BCUT2D eigenvalue weighted by molar-refractivity contribution is 9.10. The van der Waals surface area contributed by atoms with Crippen molar-refractivity contribution in [3.8, 4) is 34.2 Å². The largest absolute Gasteiger partial charge is 0.494 e. The van der Waals surface area contributed by atoms with E-state index in [1.165, 1.54) is 19.3 Å². The number of hydrogen-bond donors (Lipinski definition) is 0. The van der Waals surface area contributed by atoms with Gasteiger partial charge in [-0.3, -0.25) is 4.57 Å². The maximum absolute atomic E-state index is 5.93. The van der Waals surface area contributed by atoms with Crippen LogP contribution < -0.4 is 4.74 Å². The maximum Gasteiger partial charge on any atom is 0.168 e. The number of halogens is 2. The van der Waals surface area contributed by atoms with E-state index in [2.05, 4.69) is 65.7 Å². The average molecular weight is 555 g/mol. The highest BCUT2D eigenvalue weighted by atomic mass is 79.9. The van der Waals surface area contributed by atoms with Crippen molar-refractivity contribution in [3.63, 3.8) is 0 Å². The van der Waals surface area contributed by atoms with Gasteiger partial charge in [0.1, 0.15) is 5.75 Å². The highest BCUT2D eigenvalue weighted by Gasteiger charge is 2.17. The van der Waals surface area contributed by atoms with Crippen molar-refractivity contribution in [3.05, 3.63) is 81.7 Å². The van der Waals surface area contributed by atoms with E-state index in [1.807, 2.05) is 60.7 Å². The van der Waals surface area contributed by atoms with Gasteiger partial charge in [0.25, 0.3) is 0 Å². The molecule has 4 rings (SSSR count). The quantitative estimate of drug-likeness (QED) is 0.196. The van der Waals surface area contributed by atoms with Crippen LogP contribution >= 0.6 is 31.9 Å². The third kappa shape index (κ3) is 5.48. The smallest absolute Gasteiger partial charge is 0.168 e. The molecule has 0 radical (unpaired) electrons. The van der Waals surface area contributed by atoms with Gasteiger partial charge < -0.3 is 4.74 Å². The predicted molar refractivity (Wildman–Crippen MR) is 137 cm³/mol. The van der Waals surface area contributed by atoms with Gasteiger partial charge in [-0.25, -0.2) is 0 Å². The first-order valence-corrected chi connectivity index (χ1v) is 12.4. The fourth-order valence-electron chi connectivity index (χ4n) is 3.51. The molecule has 0 N–H and O–H groups in total. The van der Waals surface area contributed by atoms with Crippen LogP contribution in [-0.4, -0.2) is 21.4 Å². The lowest BCUT2D eigenvalue weighted by Gasteiger charge is -2.12. The molecule has 1 aromatic heterocycles. The molecule has 0 aliphatic carbocycles. The lowest BCUT2D eigenvalue weighted by molar-refractivity contribution is 0.305. The topological polar surface area (TPSA) is 39.9 Å². The Morgan fingerprint density at radius 3 is 1.72 bits per heavy atom. The van der Waals surface area contributed by atoms with Crippen LogP contribution in [-0.2, 0) is 0 Å². The molecule has 6 heteroatoms. The monoisotopic (exact) mass is 553 g/mol. The Kier molecular flexibility index (Phi) is 7.76. The molecule has 4 nitrogen and oxygen atoms in total. The maximum atomic E-state index is 5.93. The van der Waals surface area contributed by atoms with E-state index in [-0.39, 0.29) is 0 Å². The Morgan fingerprint density at radius 2 is 1.22 bits per heavy atom. The fraction of sp³-hybridized carbons (Fsp3) is 0.231. The molecule has 0 aliphatic heterocycles. The normalized spacial score (nSPS) is 11.0. The summed E-state index contributed by atoms with van der Waals surface area (Å²) in [7, 11) is 0. The van der Waals surface area contributed by atoms with Crippen molar-refractivity contribution in [2.24, 2.45) is 0 Å². The summed E-state index contributed by atoms with van der Waals surface area (Å²) < 4.78 is 10.1. The van der Waals surface area contributed by atoms with Gasteiger partial charge >= 0.3 is 0 Å². The van der Waals surface area contributed by atoms with Crippen molar-refractivity contribution < 1.29 is 4.74 Å². The van der Waals surface area contributed by atoms with Crippen LogP contribution in [0.5, 0.6) is 5.75 Å². The first-order valence-electron chi connectivity index (χ1n) is 10.9. The molecular formula is C26H25Br2N3O. The van der Waals surface area contributed by atoms with Gasteiger partial charge in [0.05, 0.1) is 6.61 Å². The van der Waals surface area contributed by atoms with E-state index < -0.39 is 0 Å². The second kappa shape index (κ2) is 10.9. The number of nitrogens with zero attached hydrogens (tertiary/aromatic N) is 3. The minimum Gasteiger partial charge on any atom is -0.494 e. The number of hydrogen-bond acceptors (Lipinski definition) is 3. The fourth-order valence-corrected chi connectivity index (χ4v) is 4.04. The number of benzene rings is 3. The van der Waals surface area contributed by atoms with Crippen molar-refractivity contribution in [2.75, 3.05) is 6.61 Å². The zero-order valence-corrected chi connectivity index (χ0v) is 21.1. The van der Waals surface area contributed by atoms with Crippen LogP contribution in [0.15, 0.2) is 81.7 Å². The summed E-state index contributed by atoms with van der Waals surface area (Å²) in [6, 6.07) is 24.4. The van der Waals surface area contributed by atoms with Gasteiger partial charge in [-0.15, -0.1) is 10.2 Å². The van der Waals surface area contributed by atoms with Crippen LogP contribution in [0.2, 0.25) is 0 Å². The molecular weight excluding hydrogens is 530 g/mol. The molecule has 0 spiro atoms. The zero-order valence-electron chi connectivity index (χ0n) is 18.0. The summed E-state index contributed by atoms with van der Waals surface area (Å²) >= 11 is 7.02. The van der Waals surface area contributed by atoms with Crippen molar-refractivity contribution in [1.29, 1.82) is 0 Å². The average Bonchev–Trinajstić information content (AvgIpc) is 3.25. The SMILES string of the molecule is CCCCCCOc1ccc(-n2c(-c3ccc(Br)cc3)nnc2-c2ccc(Br)cc2)cc1. The molecule has 0 bridgehead atoms. The molecule has 0 saturated carbocycles. The Morgan fingerprint density at radius 1 is 0.688 bits per heavy atom. The van der Waals surface area contributed by atoms with Gasteiger partial charge in [0.2, 0.25) is 0 Å². The van der Waals surface area contributed by atoms with Gasteiger partial charge in [-0.05, 0) is 55.0 Å². The second-order valence-corrected chi connectivity index (χ2v) is 9.43. The van der Waals surface area contributed by atoms with Crippen molar-refractivity contribution in [1.82, 2.24) is 14.8 Å². The van der Waals surface area contributed by atoms with E-state index in [9.17, 15) is 0 Å². The number of rotatable bonds is 9. The first-order chi connectivity index (χ1) is 15.7. The Hall–Kier alpha value is -2.44. The predicted octanol–water partition coefficient (Wildman–Crippen LogP) is 8.09. The Bertz CT molecular complexity index is 1070. The molecule has 4 aromatic rings. The Balaban J connectivity index is 1.67. The van der Waals surface area contributed by atoms with Gasteiger partial charge in [0.15, 0.2) is 11.6 Å². The third-order valence-corrected chi connectivity index (χ3v) is 6.29. The molecule has 0 saturated heterocycles. The van der Waals surface area contributed by atoms with Gasteiger partial charge in [0, 0.05) is 25.8 Å². The molecule has 1 heterocycles. The summed E-state index contributed by atoms with van der Waals surface area (Å²) in [6.07, 6.45) is 4.79. The molecule has 0 fully saturated rings. The zero-order chi connectivity index (χ0) is 22.3. The van der Waals surface area contributed by atoms with Crippen LogP contribution in [0.1, 0.15) is 32.6 Å². The molecule has 164 valence electrons. The van der Waals surface area contributed by atoms with Crippen molar-refractivity contribution >= 4 is 31.9 Å². The molecule has 0 aliphatic rings. The second-order valence-electron chi connectivity index (χ2n) is 7.60. The van der Waals surface area contributed by atoms with Crippen LogP contribution in [0.3, 0.4) is 0 Å². The summed E-state index contributed by atoms with van der Waals surface area (Å²) in [4.78, 5) is 0. The van der Waals surface area contributed by atoms with Crippen LogP contribution in [0, 0.1) is 0 Å². The minimum atomic E-state index is 0.750. The number of ether oxygens (including phenoxy) is 1. The molecule has 0 atom stereocenters. The summed E-state index contributed by atoms with van der Waals surface area (Å²) in [6.45, 7) is 2.97. The highest BCUT2D eigenvalue weighted by Crippen LogP contribution is 2.30. The summed E-state index contributed by atoms with van der Waals surface area (Å²) in [5.41, 5.74) is 2.99. The van der Waals surface area contributed by atoms with Crippen LogP contribution in [0.25, 0.3) is 28.5 Å². The summed E-state index contributed by atoms with van der Waals surface area (Å²) in [5.74, 6) is 2.47. The minimum absolute atomic E-state index is 0.750. The van der Waals surface area contributed by atoms with Crippen molar-refractivity contribution in [2.45, 2.75) is 32.6 Å². The molecule has 0 amide bonds. The molecule has 32 heavy (non-hydrogen) atoms. The van der Waals surface area contributed by atoms with E-state index >= 15 is 0 Å². The van der Waals surface area contributed by atoms with E-state index in [0.29, 0.717) is 0 Å². The van der Waals surface area contributed by atoms with E-state index in [1.54, 1.807) is 0 Å². The van der Waals surface area contributed by atoms with Gasteiger partial charge in [-0.2, -0.15) is 0 Å².